The van der Waals surface area contributed by atoms with Crippen molar-refractivity contribution in [1.82, 2.24) is 0 Å². The van der Waals surface area contributed by atoms with Crippen LogP contribution in [0.2, 0.25) is 0 Å². The van der Waals surface area contributed by atoms with Crippen molar-refractivity contribution in [3.8, 4) is 0 Å². The SMILES string of the molecule is OC[C@H]1O[C@@H](N2CCc3c(F)cccc32)[C@H](O)[C@@H](O)[C@@H]1O. The van der Waals surface area contributed by atoms with Crippen LogP contribution in [-0.2, 0) is 11.2 Å². The molecule has 5 atom stereocenters. The molecule has 0 spiro atoms. The lowest BCUT2D eigenvalue weighted by Gasteiger charge is -2.44. The minimum atomic E-state index is -1.43. The van der Waals surface area contributed by atoms with E-state index in [0.29, 0.717) is 24.2 Å². The summed E-state index contributed by atoms with van der Waals surface area (Å²) in [5.41, 5.74) is 1.13. The molecular weight excluding hydrogens is 281 g/mol. The highest BCUT2D eigenvalue weighted by atomic mass is 19.1. The number of hydrogen-bond acceptors (Lipinski definition) is 6. The van der Waals surface area contributed by atoms with Gasteiger partial charge in [-0.3, -0.25) is 0 Å². The second kappa shape index (κ2) is 5.51. The number of benzene rings is 1. The van der Waals surface area contributed by atoms with Crippen LogP contribution in [0.15, 0.2) is 18.2 Å². The average Bonchev–Trinajstić information content (AvgIpc) is 2.91. The Bertz CT molecular complexity index is 526. The van der Waals surface area contributed by atoms with E-state index >= 15 is 0 Å². The molecule has 0 amide bonds. The summed E-state index contributed by atoms with van der Waals surface area (Å²) < 4.78 is 19.3. The van der Waals surface area contributed by atoms with Crippen molar-refractivity contribution < 1.29 is 29.6 Å². The molecule has 0 bridgehead atoms. The van der Waals surface area contributed by atoms with Gasteiger partial charge in [0.1, 0.15) is 30.2 Å². The van der Waals surface area contributed by atoms with Crippen LogP contribution >= 0.6 is 0 Å². The standard InChI is InChI=1S/C14H18FNO5/c15-8-2-1-3-9-7(8)4-5-16(9)14-13(20)12(19)11(18)10(6-17)21-14/h1-3,10-14,17-20H,4-6H2/t10-,11-,12+,13-,14-/m1/s1. The number of nitrogens with zero attached hydrogens (tertiary/aromatic N) is 1. The van der Waals surface area contributed by atoms with Crippen LogP contribution in [0.5, 0.6) is 0 Å². The molecule has 2 aliphatic rings. The lowest BCUT2D eigenvalue weighted by molar-refractivity contribution is -0.228. The molecule has 1 saturated heterocycles. The zero-order valence-electron chi connectivity index (χ0n) is 11.3. The highest BCUT2D eigenvalue weighted by Crippen LogP contribution is 2.35. The Labute approximate surface area is 121 Å². The van der Waals surface area contributed by atoms with Crippen LogP contribution in [0.3, 0.4) is 0 Å². The molecule has 0 aromatic heterocycles. The molecule has 0 saturated carbocycles. The molecule has 6 nitrogen and oxygen atoms in total. The van der Waals surface area contributed by atoms with Gasteiger partial charge >= 0.3 is 0 Å². The first-order chi connectivity index (χ1) is 10.0. The number of rotatable bonds is 2. The van der Waals surface area contributed by atoms with Crippen LogP contribution in [0.4, 0.5) is 10.1 Å². The van der Waals surface area contributed by atoms with Crippen molar-refractivity contribution >= 4 is 5.69 Å². The van der Waals surface area contributed by atoms with Gasteiger partial charge in [0.25, 0.3) is 0 Å². The third-order valence-electron chi connectivity index (χ3n) is 4.18. The Morgan fingerprint density at radius 1 is 1.19 bits per heavy atom. The Kier molecular flexibility index (Phi) is 3.85. The maximum atomic E-state index is 13.8. The van der Waals surface area contributed by atoms with E-state index in [0.717, 1.165) is 0 Å². The molecule has 0 unspecified atom stereocenters. The number of aliphatic hydroxyl groups is 4. The number of aliphatic hydroxyl groups excluding tert-OH is 4. The van der Waals surface area contributed by atoms with Crippen molar-refractivity contribution in [3.63, 3.8) is 0 Å². The first-order valence-electron chi connectivity index (χ1n) is 6.89. The summed E-state index contributed by atoms with van der Waals surface area (Å²) in [7, 11) is 0. The van der Waals surface area contributed by atoms with Gasteiger partial charge in [0, 0.05) is 17.8 Å². The molecule has 1 aromatic rings. The smallest absolute Gasteiger partial charge is 0.159 e. The number of anilines is 1. The van der Waals surface area contributed by atoms with Crippen LogP contribution in [0.25, 0.3) is 0 Å². The van der Waals surface area contributed by atoms with Crippen molar-refractivity contribution in [3.05, 3.63) is 29.6 Å². The predicted octanol–water partition coefficient (Wildman–Crippen LogP) is -1.01. The van der Waals surface area contributed by atoms with Gasteiger partial charge in [0.15, 0.2) is 6.23 Å². The fraction of sp³-hybridized carbons (Fsp3) is 0.571. The van der Waals surface area contributed by atoms with Gasteiger partial charge in [-0.1, -0.05) is 6.07 Å². The Morgan fingerprint density at radius 2 is 1.95 bits per heavy atom. The van der Waals surface area contributed by atoms with Crippen molar-refractivity contribution in [2.75, 3.05) is 18.1 Å². The molecule has 7 heteroatoms. The van der Waals surface area contributed by atoms with Gasteiger partial charge in [-0.05, 0) is 18.6 Å². The maximum absolute atomic E-state index is 13.8. The van der Waals surface area contributed by atoms with E-state index in [4.69, 9.17) is 4.74 Å². The van der Waals surface area contributed by atoms with Crippen molar-refractivity contribution in [2.24, 2.45) is 0 Å². The first kappa shape index (κ1) is 14.7. The van der Waals surface area contributed by atoms with Gasteiger partial charge in [-0.15, -0.1) is 0 Å². The molecular formula is C14H18FNO5. The monoisotopic (exact) mass is 299 g/mol. The number of hydrogen-bond donors (Lipinski definition) is 4. The van der Waals surface area contributed by atoms with Crippen LogP contribution in [0.1, 0.15) is 5.56 Å². The lowest BCUT2D eigenvalue weighted by atomic mass is 9.97. The Hall–Kier alpha value is -1.25. The minimum Gasteiger partial charge on any atom is -0.394 e. The molecule has 1 fully saturated rings. The van der Waals surface area contributed by atoms with Gasteiger partial charge < -0.3 is 30.1 Å². The third-order valence-corrected chi connectivity index (χ3v) is 4.18. The van der Waals surface area contributed by atoms with E-state index in [2.05, 4.69) is 0 Å². The summed E-state index contributed by atoms with van der Waals surface area (Å²) in [6.07, 6.45) is -5.61. The van der Waals surface area contributed by atoms with E-state index in [1.165, 1.54) is 6.07 Å². The van der Waals surface area contributed by atoms with Gasteiger partial charge in [0.2, 0.25) is 0 Å². The quantitative estimate of drug-likeness (QED) is 0.559. The molecule has 21 heavy (non-hydrogen) atoms. The Balaban J connectivity index is 1.90. The Morgan fingerprint density at radius 3 is 2.67 bits per heavy atom. The number of fused-ring (bicyclic) bond motifs is 1. The van der Waals surface area contributed by atoms with Gasteiger partial charge in [0.05, 0.1) is 6.61 Å². The molecule has 2 aliphatic heterocycles. The fourth-order valence-electron chi connectivity index (χ4n) is 3.02. The summed E-state index contributed by atoms with van der Waals surface area (Å²) in [6.45, 7) is -0.0513. The van der Waals surface area contributed by atoms with E-state index in [1.807, 2.05) is 0 Å². The highest BCUT2D eigenvalue weighted by Gasteiger charge is 2.47. The van der Waals surface area contributed by atoms with Crippen molar-refractivity contribution in [2.45, 2.75) is 37.1 Å². The summed E-state index contributed by atoms with van der Waals surface area (Å²) in [4.78, 5) is 1.65. The van der Waals surface area contributed by atoms with Crippen LogP contribution < -0.4 is 4.90 Å². The first-order valence-corrected chi connectivity index (χ1v) is 6.89. The van der Waals surface area contributed by atoms with E-state index in [1.54, 1.807) is 17.0 Å². The zero-order chi connectivity index (χ0) is 15.1. The van der Waals surface area contributed by atoms with Crippen LogP contribution in [-0.4, -0.2) is 64.2 Å². The largest absolute Gasteiger partial charge is 0.394 e. The van der Waals surface area contributed by atoms with Gasteiger partial charge in [-0.2, -0.15) is 0 Å². The lowest BCUT2D eigenvalue weighted by Crippen LogP contribution is -2.63. The molecule has 3 rings (SSSR count). The van der Waals surface area contributed by atoms with Crippen LogP contribution in [0, 0.1) is 5.82 Å². The summed E-state index contributed by atoms with van der Waals surface area (Å²) >= 11 is 0. The topological polar surface area (TPSA) is 93.4 Å². The summed E-state index contributed by atoms with van der Waals surface area (Å²) in [5, 5.41) is 39.0. The second-order valence-electron chi connectivity index (χ2n) is 5.40. The molecule has 1 aromatic carbocycles. The zero-order valence-corrected chi connectivity index (χ0v) is 11.3. The molecule has 0 radical (unpaired) electrons. The van der Waals surface area contributed by atoms with Crippen molar-refractivity contribution in [1.29, 1.82) is 0 Å². The van der Waals surface area contributed by atoms with E-state index < -0.39 is 37.3 Å². The summed E-state index contributed by atoms with van der Waals surface area (Å²) in [5.74, 6) is -0.320. The molecule has 116 valence electrons. The minimum absolute atomic E-state index is 0.320. The van der Waals surface area contributed by atoms with E-state index in [9.17, 15) is 24.8 Å². The highest BCUT2D eigenvalue weighted by molar-refractivity contribution is 5.59. The summed E-state index contributed by atoms with van der Waals surface area (Å²) in [6, 6.07) is 4.65. The molecule has 2 heterocycles. The van der Waals surface area contributed by atoms with Gasteiger partial charge in [-0.25, -0.2) is 4.39 Å². The fourth-order valence-corrected chi connectivity index (χ4v) is 3.02. The normalized spacial score (nSPS) is 35.9. The average molecular weight is 299 g/mol. The third kappa shape index (κ3) is 2.31. The van der Waals surface area contributed by atoms with E-state index in [-0.39, 0.29) is 5.82 Å². The number of ether oxygens (including phenoxy) is 1. The molecule has 0 aliphatic carbocycles. The second-order valence-corrected chi connectivity index (χ2v) is 5.40. The maximum Gasteiger partial charge on any atom is 0.159 e. The molecule has 4 N–H and O–H groups in total. The number of halogens is 1. The predicted molar refractivity (Wildman–Crippen MR) is 71.2 cm³/mol.